The Balaban J connectivity index is 1.00. The molecule has 1 atom stereocenters. The van der Waals surface area contributed by atoms with Gasteiger partial charge in [-0.1, -0.05) is 48.0 Å². The van der Waals surface area contributed by atoms with Gasteiger partial charge in [0.1, 0.15) is 11.8 Å². The smallest absolute Gasteiger partial charge is 0.410 e. The van der Waals surface area contributed by atoms with E-state index in [0.717, 1.165) is 47.9 Å². The molecule has 0 bridgehead atoms. The summed E-state index contributed by atoms with van der Waals surface area (Å²) in [5.41, 5.74) is 4.25. The van der Waals surface area contributed by atoms with Crippen molar-refractivity contribution in [3.63, 3.8) is 0 Å². The number of para-hydroxylation sites is 1. The summed E-state index contributed by atoms with van der Waals surface area (Å²) >= 11 is 6.11. The third-order valence-electron chi connectivity index (χ3n) is 9.44. The van der Waals surface area contributed by atoms with Gasteiger partial charge in [0, 0.05) is 67.5 Å². The van der Waals surface area contributed by atoms with E-state index >= 15 is 0 Å². The number of pyridine rings is 1. The molecular formula is C37H40ClN5O3. The molecule has 1 saturated heterocycles. The van der Waals surface area contributed by atoms with E-state index in [-0.39, 0.29) is 5.91 Å². The molecule has 238 valence electrons. The molecule has 46 heavy (non-hydrogen) atoms. The number of halogens is 1. The highest BCUT2D eigenvalue weighted by Gasteiger charge is 2.41. The van der Waals surface area contributed by atoms with Gasteiger partial charge in [-0.05, 0) is 91.1 Å². The summed E-state index contributed by atoms with van der Waals surface area (Å²) in [6.07, 6.45) is 6.81. The number of rotatable bonds is 11. The van der Waals surface area contributed by atoms with Crippen LogP contribution in [-0.2, 0) is 17.8 Å². The minimum atomic E-state index is -0.791. The lowest BCUT2D eigenvalue weighted by Crippen LogP contribution is -2.56. The number of amides is 2. The summed E-state index contributed by atoms with van der Waals surface area (Å²) in [4.78, 5) is 35.6. The number of benzene rings is 3. The van der Waals surface area contributed by atoms with Crippen LogP contribution in [0.1, 0.15) is 36.8 Å². The lowest BCUT2D eigenvalue weighted by molar-refractivity contribution is -0.133. The summed E-state index contributed by atoms with van der Waals surface area (Å²) in [6.45, 7) is 3.45. The summed E-state index contributed by atoms with van der Waals surface area (Å²) in [6, 6.07) is 24.9. The molecule has 3 fully saturated rings. The maximum absolute atomic E-state index is 14.0. The number of carbonyl (C=O) groups is 2. The first-order valence-electron chi connectivity index (χ1n) is 16.4. The summed E-state index contributed by atoms with van der Waals surface area (Å²) < 4.78 is 5.63. The van der Waals surface area contributed by atoms with Gasteiger partial charge in [0.2, 0.25) is 5.91 Å². The zero-order valence-corrected chi connectivity index (χ0v) is 26.7. The minimum absolute atomic E-state index is 0.124. The Labute approximate surface area is 275 Å². The molecule has 1 aliphatic heterocycles. The van der Waals surface area contributed by atoms with E-state index in [1.807, 2.05) is 29.2 Å². The number of fused-ring (bicyclic) bond motifs is 1. The molecule has 2 saturated carbocycles. The van der Waals surface area contributed by atoms with Crippen LogP contribution in [0, 0.1) is 11.8 Å². The Kier molecular flexibility index (Phi) is 9.08. The molecule has 2 aliphatic carbocycles. The maximum Gasteiger partial charge on any atom is 0.413 e. The van der Waals surface area contributed by atoms with E-state index in [1.165, 1.54) is 36.9 Å². The number of piperazine rings is 1. The molecule has 2 heterocycles. The van der Waals surface area contributed by atoms with Crippen molar-refractivity contribution in [1.29, 1.82) is 0 Å². The van der Waals surface area contributed by atoms with Crippen LogP contribution in [0.5, 0.6) is 5.75 Å². The molecule has 4 aromatic rings. The van der Waals surface area contributed by atoms with Gasteiger partial charge in [-0.15, -0.1) is 0 Å². The van der Waals surface area contributed by atoms with Crippen molar-refractivity contribution in [2.24, 2.45) is 11.8 Å². The summed E-state index contributed by atoms with van der Waals surface area (Å²) in [5, 5.41) is 8.24. The molecule has 3 aliphatic rings. The fraction of sp³-hybridized carbons (Fsp3) is 0.378. The lowest BCUT2D eigenvalue weighted by Gasteiger charge is -2.38. The summed E-state index contributed by atoms with van der Waals surface area (Å²) in [5.74, 6) is 1.97. The van der Waals surface area contributed by atoms with E-state index in [1.54, 1.807) is 36.5 Å². The third-order valence-corrected chi connectivity index (χ3v) is 9.69. The van der Waals surface area contributed by atoms with E-state index in [2.05, 4.69) is 44.8 Å². The van der Waals surface area contributed by atoms with Crippen molar-refractivity contribution < 1.29 is 14.3 Å². The first-order valence-corrected chi connectivity index (χ1v) is 16.8. The van der Waals surface area contributed by atoms with Crippen LogP contribution < -0.4 is 20.3 Å². The average Bonchev–Trinajstić information content (AvgIpc) is 4.02. The second-order valence-electron chi connectivity index (χ2n) is 12.8. The number of nitrogens with one attached hydrogen (secondary N) is 2. The molecule has 0 radical (unpaired) electrons. The molecule has 2 amide bonds. The Morgan fingerprint density at radius 3 is 2.37 bits per heavy atom. The fourth-order valence-electron chi connectivity index (χ4n) is 6.67. The first-order chi connectivity index (χ1) is 22.5. The second kappa shape index (κ2) is 13.7. The molecule has 9 heteroatoms. The zero-order chi connectivity index (χ0) is 31.5. The van der Waals surface area contributed by atoms with Crippen molar-refractivity contribution in [3.05, 3.63) is 101 Å². The molecule has 7 rings (SSSR count). The Hall–Kier alpha value is -4.14. The lowest BCUT2D eigenvalue weighted by atomic mass is 10.0. The fourth-order valence-corrected chi connectivity index (χ4v) is 6.79. The predicted molar refractivity (Wildman–Crippen MR) is 181 cm³/mol. The molecule has 0 spiro atoms. The minimum Gasteiger partial charge on any atom is -0.410 e. The van der Waals surface area contributed by atoms with E-state index < -0.39 is 12.1 Å². The third kappa shape index (κ3) is 7.45. The van der Waals surface area contributed by atoms with Gasteiger partial charge < -0.3 is 25.2 Å². The monoisotopic (exact) mass is 637 g/mol. The quantitative estimate of drug-likeness (QED) is 0.203. The van der Waals surface area contributed by atoms with E-state index in [9.17, 15) is 9.59 Å². The van der Waals surface area contributed by atoms with Gasteiger partial charge in [-0.3, -0.25) is 9.78 Å². The number of hydrogen-bond acceptors (Lipinski definition) is 6. The number of carbonyl (C=O) groups excluding carboxylic acids is 2. The molecule has 3 aromatic carbocycles. The standard InChI is InChI=1S/C37H40ClN5O3/c38-30-13-7-25(8-14-30)22-33(41-37(45)46-31-15-16-32-28(23-31)5-3-17-39-32)36(44)43-20-18-42(19-21-43)34-6-2-1-4-29(34)24-40-35(26-9-10-26)27-11-12-27/h1-8,13-17,23,26-27,33,35,40H,9-12,18-22,24H2,(H,41,45). The largest absolute Gasteiger partial charge is 0.413 e. The highest BCUT2D eigenvalue weighted by molar-refractivity contribution is 6.30. The van der Waals surface area contributed by atoms with Crippen LogP contribution in [0.15, 0.2) is 85.1 Å². The van der Waals surface area contributed by atoms with Crippen LogP contribution in [0.3, 0.4) is 0 Å². The molecular weight excluding hydrogens is 598 g/mol. The van der Waals surface area contributed by atoms with Gasteiger partial charge in [-0.2, -0.15) is 0 Å². The van der Waals surface area contributed by atoms with Crippen molar-refractivity contribution in [2.45, 2.75) is 50.7 Å². The van der Waals surface area contributed by atoms with Gasteiger partial charge in [0.05, 0.1) is 5.52 Å². The molecule has 1 aromatic heterocycles. The Morgan fingerprint density at radius 1 is 0.891 bits per heavy atom. The van der Waals surface area contributed by atoms with Gasteiger partial charge in [-0.25, -0.2) is 4.79 Å². The molecule has 2 N–H and O–H groups in total. The van der Waals surface area contributed by atoms with Crippen molar-refractivity contribution in [1.82, 2.24) is 20.5 Å². The Morgan fingerprint density at radius 2 is 1.63 bits per heavy atom. The second-order valence-corrected chi connectivity index (χ2v) is 13.2. The number of anilines is 1. The Bertz CT molecular complexity index is 1670. The topological polar surface area (TPSA) is 86.8 Å². The first kappa shape index (κ1) is 30.5. The number of nitrogens with zero attached hydrogens (tertiary/aromatic N) is 3. The highest BCUT2D eigenvalue weighted by Crippen LogP contribution is 2.44. The number of aromatic nitrogens is 1. The predicted octanol–water partition coefficient (Wildman–Crippen LogP) is 6.21. The zero-order valence-electron chi connectivity index (χ0n) is 25.9. The van der Waals surface area contributed by atoms with Gasteiger partial charge in [0.15, 0.2) is 0 Å². The van der Waals surface area contributed by atoms with Gasteiger partial charge in [0.25, 0.3) is 0 Å². The molecule has 8 nitrogen and oxygen atoms in total. The van der Waals surface area contributed by atoms with E-state index in [4.69, 9.17) is 16.3 Å². The van der Waals surface area contributed by atoms with Crippen molar-refractivity contribution in [3.8, 4) is 5.75 Å². The average molecular weight is 638 g/mol. The van der Waals surface area contributed by atoms with Crippen molar-refractivity contribution >= 4 is 40.2 Å². The van der Waals surface area contributed by atoms with Crippen LogP contribution in [0.2, 0.25) is 5.02 Å². The van der Waals surface area contributed by atoms with Crippen LogP contribution >= 0.6 is 11.6 Å². The number of ether oxygens (including phenoxy) is 1. The normalized spacial score (nSPS) is 17.3. The maximum atomic E-state index is 14.0. The molecule has 1 unspecified atom stereocenters. The SMILES string of the molecule is O=C(NC(Cc1ccc(Cl)cc1)C(=O)N1CCN(c2ccccc2CNC(C2CC2)C2CC2)CC1)Oc1ccc2ncccc2c1. The van der Waals surface area contributed by atoms with Crippen LogP contribution in [-0.4, -0.2) is 60.1 Å². The van der Waals surface area contributed by atoms with Crippen LogP contribution in [0.25, 0.3) is 10.9 Å². The highest BCUT2D eigenvalue weighted by atomic mass is 35.5. The van der Waals surface area contributed by atoms with Crippen molar-refractivity contribution in [2.75, 3.05) is 31.1 Å². The van der Waals surface area contributed by atoms with E-state index in [0.29, 0.717) is 36.3 Å². The number of hydrogen-bond donors (Lipinski definition) is 2. The summed E-state index contributed by atoms with van der Waals surface area (Å²) in [7, 11) is 0. The van der Waals surface area contributed by atoms with Crippen LogP contribution in [0.4, 0.5) is 10.5 Å². The van der Waals surface area contributed by atoms with Gasteiger partial charge >= 0.3 is 6.09 Å².